The molecule has 1 aromatic carbocycles. The lowest BCUT2D eigenvalue weighted by Crippen LogP contribution is -2.29. The standard InChI is InChI=1S/C19H11ClF3N3O2S/c20-13-6-2-1-4-10(13)11-9-29-17-15(11)16(27)24-14(25-17)8-26-7-3-5-12(18(26)28)19(21,22)23/h1-7,9H,8H2,(H,24,25,27). The number of hydrogen-bond acceptors (Lipinski definition) is 4. The van der Waals surface area contributed by atoms with Crippen LogP contribution in [0.4, 0.5) is 13.2 Å². The molecule has 0 fully saturated rings. The van der Waals surface area contributed by atoms with E-state index in [1.807, 2.05) is 0 Å². The Morgan fingerprint density at radius 2 is 1.86 bits per heavy atom. The van der Waals surface area contributed by atoms with E-state index in [4.69, 9.17) is 11.6 Å². The van der Waals surface area contributed by atoms with Crippen LogP contribution in [0.2, 0.25) is 5.02 Å². The van der Waals surface area contributed by atoms with Gasteiger partial charge in [0, 0.05) is 27.7 Å². The van der Waals surface area contributed by atoms with Crippen LogP contribution in [0.5, 0.6) is 0 Å². The number of pyridine rings is 1. The predicted octanol–water partition coefficient (Wildman–Crippen LogP) is 4.53. The lowest BCUT2D eigenvalue weighted by molar-refractivity contribution is -0.138. The molecule has 0 aliphatic rings. The van der Waals surface area contributed by atoms with Crippen LogP contribution in [0, 0.1) is 0 Å². The van der Waals surface area contributed by atoms with Gasteiger partial charge in [0.1, 0.15) is 16.2 Å². The van der Waals surface area contributed by atoms with Crippen molar-refractivity contribution in [2.75, 3.05) is 0 Å². The number of nitrogens with zero attached hydrogens (tertiary/aromatic N) is 2. The van der Waals surface area contributed by atoms with Gasteiger partial charge in [-0.25, -0.2) is 4.98 Å². The van der Waals surface area contributed by atoms with E-state index < -0.39 is 22.9 Å². The predicted molar refractivity (Wildman–Crippen MR) is 105 cm³/mol. The molecule has 0 spiro atoms. The number of H-pyrrole nitrogens is 1. The number of benzene rings is 1. The molecule has 148 valence electrons. The van der Waals surface area contributed by atoms with Gasteiger partial charge < -0.3 is 9.55 Å². The number of nitrogens with one attached hydrogen (secondary N) is 1. The van der Waals surface area contributed by atoms with Crippen LogP contribution in [0.3, 0.4) is 0 Å². The van der Waals surface area contributed by atoms with E-state index in [-0.39, 0.29) is 12.4 Å². The first-order chi connectivity index (χ1) is 13.8. The largest absolute Gasteiger partial charge is 0.421 e. The van der Waals surface area contributed by atoms with Crippen molar-refractivity contribution in [1.82, 2.24) is 14.5 Å². The summed E-state index contributed by atoms with van der Waals surface area (Å²) in [5.41, 5.74) is -1.64. The van der Waals surface area contributed by atoms with Crippen LogP contribution in [0.15, 0.2) is 57.6 Å². The summed E-state index contributed by atoms with van der Waals surface area (Å²) < 4.78 is 39.7. The maximum Gasteiger partial charge on any atom is 0.421 e. The van der Waals surface area contributed by atoms with E-state index in [1.54, 1.807) is 29.6 Å². The smallest absolute Gasteiger partial charge is 0.308 e. The molecule has 1 N–H and O–H groups in total. The van der Waals surface area contributed by atoms with Gasteiger partial charge >= 0.3 is 6.18 Å². The van der Waals surface area contributed by atoms with Gasteiger partial charge in [0.25, 0.3) is 11.1 Å². The second-order valence-corrected chi connectivity index (χ2v) is 7.44. The molecule has 29 heavy (non-hydrogen) atoms. The highest BCUT2D eigenvalue weighted by atomic mass is 35.5. The molecule has 0 bridgehead atoms. The molecule has 5 nitrogen and oxygen atoms in total. The lowest BCUT2D eigenvalue weighted by Gasteiger charge is -2.10. The second kappa shape index (κ2) is 7.16. The zero-order chi connectivity index (χ0) is 20.8. The maximum absolute atomic E-state index is 12.9. The third-order valence-corrected chi connectivity index (χ3v) is 5.50. The molecule has 0 amide bonds. The quantitative estimate of drug-likeness (QED) is 0.512. The lowest BCUT2D eigenvalue weighted by atomic mass is 10.1. The number of fused-ring (bicyclic) bond motifs is 1. The summed E-state index contributed by atoms with van der Waals surface area (Å²) in [6, 6.07) is 8.89. The number of rotatable bonds is 3. The van der Waals surface area contributed by atoms with Crippen molar-refractivity contribution in [3.8, 4) is 11.1 Å². The number of alkyl halides is 3. The molecule has 10 heteroatoms. The highest BCUT2D eigenvalue weighted by Crippen LogP contribution is 2.34. The van der Waals surface area contributed by atoms with Crippen molar-refractivity contribution < 1.29 is 13.2 Å². The molecule has 3 aromatic heterocycles. The molecule has 4 rings (SSSR count). The van der Waals surface area contributed by atoms with Gasteiger partial charge in [0.2, 0.25) is 0 Å². The summed E-state index contributed by atoms with van der Waals surface area (Å²) in [5, 5.41) is 2.56. The van der Waals surface area contributed by atoms with Gasteiger partial charge in [-0.1, -0.05) is 29.8 Å². The minimum Gasteiger partial charge on any atom is -0.308 e. The number of halogens is 4. The Hall–Kier alpha value is -2.91. The topological polar surface area (TPSA) is 67.8 Å². The maximum atomic E-state index is 12.9. The number of thiophene rings is 1. The molecule has 0 aliphatic heterocycles. The van der Waals surface area contributed by atoms with Crippen LogP contribution < -0.4 is 11.1 Å². The fraction of sp³-hybridized carbons (Fsp3) is 0.105. The minimum absolute atomic E-state index is 0.0801. The molecular formula is C19H11ClF3N3O2S. The average molecular weight is 438 g/mol. The average Bonchev–Trinajstić information content (AvgIpc) is 3.07. The van der Waals surface area contributed by atoms with Crippen LogP contribution in [-0.2, 0) is 12.7 Å². The third-order valence-electron chi connectivity index (χ3n) is 4.30. The van der Waals surface area contributed by atoms with Crippen molar-refractivity contribution in [1.29, 1.82) is 0 Å². The summed E-state index contributed by atoms with van der Waals surface area (Å²) in [6.07, 6.45) is -3.55. The Morgan fingerprint density at radius 1 is 1.10 bits per heavy atom. The normalized spacial score (nSPS) is 11.9. The van der Waals surface area contributed by atoms with Crippen molar-refractivity contribution >= 4 is 33.2 Å². The Bertz CT molecular complexity index is 1340. The van der Waals surface area contributed by atoms with Crippen LogP contribution in [0.25, 0.3) is 21.3 Å². The van der Waals surface area contributed by atoms with E-state index >= 15 is 0 Å². The van der Waals surface area contributed by atoms with Crippen molar-refractivity contribution in [2.45, 2.75) is 12.7 Å². The number of aromatic nitrogens is 3. The van der Waals surface area contributed by atoms with Gasteiger partial charge in [0.05, 0.1) is 11.9 Å². The SMILES string of the molecule is O=c1[nH]c(Cn2cccc(C(F)(F)F)c2=O)nc2scc(-c3ccccc3Cl)c12. The molecule has 0 radical (unpaired) electrons. The Balaban J connectivity index is 1.78. The minimum atomic E-state index is -4.76. The summed E-state index contributed by atoms with van der Waals surface area (Å²) in [4.78, 5) is 32.1. The summed E-state index contributed by atoms with van der Waals surface area (Å²) >= 11 is 7.43. The second-order valence-electron chi connectivity index (χ2n) is 6.17. The molecule has 0 unspecified atom stereocenters. The van der Waals surface area contributed by atoms with Crippen LogP contribution in [0.1, 0.15) is 11.4 Å². The van der Waals surface area contributed by atoms with E-state index in [9.17, 15) is 22.8 Å². The van der Waals surface area contributed by atoms with Gasteiger partial charge in [0.15, 0.2) is 0 Å². The van der Waals surface area contributed by atoms with Crippen molar-refractivity contribution in [3.63, 3.8) is 0 Å². The van der Waals surface area contributed by atoms with E-state index in [0.717, 1.165) is 10.6 Å². The first-order valence-electron chi connectivity index (χ1n) is 8.27. The molecule has 0 saturated heterocycles. The fourth-order valence-electron chi connectivity index (χ4n) is 2.98. The summed E-state index contributed by atoms with van der Waals surface area (Å²) in [6.45, 7) is -0.298. The van der Waals surface area contributed by atoms with Crippen LogP contribution in [-0.4, -0.2) is 14.5 Å². The highest BCUT2D eigenvalue weighted by molar-refractivity contribution is 7.17. The summed E-state index contributed by atoms with van der Waals surface area (Å²) in [5.74, 6) is 0.0801. The molecule has 3 heterocycles. The Kier molecular flexibility index (Phi) is 4.79. The number of hydrogen-bond donors (Lipinski definition) is 1. The highest BCUT2D eigenvalue weighted by Gasteiger charge is 2.34. The molecule has 0 saturated carbocycles. The summed E-state index contributed by atoms with van der Waals surface area (Å²) in [7, 11) is 0. The van der Waals surface area contributed by atoms with Crippen molar-refractivity contribution in [2.24, 2.45) is 0 Å². The first-order valence-corrected chi connectivity index (χ1v) is 9.53. The number of aromatic amines is 1. The Morgan fingerprint density at radius 3 is 2.59 bits per heavy atom. The zero-order valence-corrected chi connectivity index (χ0v) is 16.0. The van der Waals surface area contributed by atoms with Gasteiger partial charge in [-0.05, 0) is 18.2 Å². The van der Waals surface area contributed by atoms with Crippen LogP contribution >= 0.6 is 22.9 Å². The van der Waals surface area contributed by atoms with Gasteiger partial charge in [-0.15, -0.1) is 11.3 Å². The first kappa shape index (κ1) is 19.4. The molecule has 0 atom stereocenters. The van der Waals surface area contributed by atoms with E-state index in [0.29, 0.717) is 32.4 Å². The van der Waals surface area contributed by atoms with E-state index in [1.165, 1.54) is 17.5 Å². The molecular weight excluding hydrogens is 427 g/mol. The molecule has 4 aromatic rings. The monoisotopic (exact) mass is 437 g/mol. The van der Waals surface area contributed by atoms with Gasteiger partial charge in [-0.2, -0.15) is 13.2 Å². The van der Waals surface area contributed by atoms with Crippen molar-refractivity contribution in [3.05, 3.63) is 85.1 Å². The third kappa shape index (κ3) is 3.58. The fourth-order valence-corrected chi connectivity index (χ4v) is 4.18. The van der Waals surface area contributed by atoms with E-state index in [2.05, 4.69) is 9.97 Å². The Labute approximate surface area is 170 Å². The zero-order valence-electron chi connectivity index (χ0n) is 14.5. The molecule has 0 aliphatic carbocycles. The van der Waals surface area contributed by atoms with Gasteiger partial charge in [-0.3, -0.25) is 9.59 Å².